The molecule has 2 aromatic carbocycles. The van der Waals surface area contributed by atoms with Gasteiger partial charge in [0.05, 0.1) is 12.0 Å². The van der Waals surface area contributed by atoms with Crippen LogP contribution in [0.15, 0.2) is 55.0 Å². The predicted octanol–water partition coefficient (Wildman–Crippen LogP) is 4.64. The maximum atomic E-state index is 14.3. The van der Waals surface area contributed by atoms with E-state index in [1.54, 1.807) is 18.2 Å². The Labute approximate surface area is 140 Å². The molecular formula is C19H19F2N3. The van der Waals surface area contributed by atoms with Crippen molar-refractivity contribution >= 4 is 5.69 Å². The third-order valence-corrected chi connectivity index (χ3v) is 3.82. The lowest BCUT2D eigenvalue weighted by atomic mass is 10.0. The highest BCUT2D eigenvalue weighted by Crippen LogP contribution is 2.30. The average Bonchev–Trinajstić information content (AvgIpc) is 2.98. The summed E-state index contributed by atoms with van der Waals surface area (Å²) in [4.78, 5) is 4.19. The fourth-order valence-corrected chi connectivity index (χ4v) is 2.66. The minimum Gasteiger partial charge on any atom is -0.384 e. The van der Waals surface area contributed by atoms with Gasteiger partial charge in [-0.2, -0.15) is 0 Å². The number of hydrogen-bond acceptors (Lipinski definition) is 2. The van der Waals surface area contributed by atoms with Crippen LogP contribution in [0, 0.1) is 18.6 Å². The van der Waals surface area contributed by atoms with Crippen LogP contribution in [0.5, 0.6) is 0 Å². The third-order valence-electron chi connectivity index (χ3n) is 3.82. The number of hydrogen-bond donors (Lipinski definition) is 1. The van der Waals surface area contributed by atoms with Crippen LogP contribution >= 0.6 is 0 Å². The van der Waals surface area contributed by atoms with Gasteiger partial charge in [0.2, 0.25) is 0 Å². The van der Waals surface area contributed by atoms with Crippen LogP contribution in [0.4, 0.5) is 14.5 Å². The quantitative estimate of drug-likeness (QED) is 0.669. The molecule has 0 aliphatic rings. The molecule has 1 N–H and O–H groups in total. The summed E-state index contributed by atoms with van der Waals surface area (Å²) < 4.78 is 29.4. The Kier molecular flexibility index (Phi) is 4.89. The summed E-state index contributed by atoms with van der Waals surface area (Å²) in [5, 5.41) is 3.28. The van der Waals surface area contributed by atoms with Gasteiger partial charge < -0.3 is 9.88 Å². The van der Waals surface area contributed by atoms with E-state index in [2.05, 4.69) is 10.3 Å². The lowest BCUT2D eigenvalue weighted by Crippen LogP contribution is -2.07. The SMILES string of the molecule is Cc1cn(CCCNc2cccc(F)c2-c2ccc(F)cc2)cn1. The molecule has 1 heterocycles. The van der Waals surface area contributed by atoms with E-state index in [9.17, 15) is 8.78 Å². The molecule has 124 valence electrons. The number of nitrogens with zero attached hydrogens (tertiary/aromatic N) is 2. The molecule has 0 saturated heterocycles. The van der Waals surface area contributed by atoms with Crippen molar-refractivity contribution in [3.63, 3.8) is 0 Å². The van der Waals surface area contributed by atoms with Crippen LogP contribution < -0.4 is 5.32 Å². The highest BCUT2D eigenvalue weighted by atomic mass is 19.1. The fourth-order valence-electron chi connectivity index (χ4n) is 2.66. The summed E-state index contributed by atoms with van der Waals surface area (Å²) in [5.74, 6) is -0.655. The van der Waals surface area contributed by atoms with E-state index in [0.717, 1.165) is 18.7 Å². The van der Waals surface area contributed by atoms with Crippen LogP contribution in [0.1, 0.15) is 12.1 Å². The summed E-state index contributed by atoms with van der Waals surface area (Å²) >= 11 is 0. The van der Waals surface area contributed by atoms with Crippen LogP contribution in [0.3, 0.4) is 0 Å². The lowest BCUT2D eigenvalue weighted by Gasteiger charge is -2.13. The maximum absolute atomic E-state index is 14.3. The van der Waals surface area contributed by atoms with E-state index in [1.807, 2.05) is 30.1 Å². The van der Waals surface area contributed by atoms with Gasteiger partial charge in [0.25, 0.3) is 0 Å². The van der Waals surface area contributed by atoms with Crippen LogP contribution in [0.25, 0.3) is 11.1 Å². The highest BCUT2D eigenvalue weighted by Gasteiger charge is 2.10. The van der Waals surface area contributed by atoms with E-state index < -0.39 is 0 Å². The zero-order valence-corrected chi connectivity index (χ0v) is 13.5. The topological polar surface area (TPSA) is 29.9 Å². The minimum atomic E-state index is -0.333. The first-order valence-corrected chi connectivity index (χ1v) is 7.90. The van der Waals surface area contributed by atoms with Gasteiger partial charge in [-0.25, -0.2) is 13.8 Å². The second-order valence-corrected chi connectivity index (χ2v) is 5.70. The van der Waals surface area contributed by atoms with Crippen molar-refractivity contribution in [2.75, 3.05) is 11.9 Å². The van der Waals surface area contributed by atoms with Crippen molar-refractivity contribution in [1.82, 2.24) is 9.55 Å². The van der Waals surface area contributed by atoms with Crippen LogP contribution in [0.2, 0.25) is 0 Å². The summed E-state index contributed by atoms with van der Waals surface area (Å²) in [7, 11) is 0. The van der Waals surface area contributed by atoms with Gasteiger partial charge in [0.1, 0.15) is 11.6 Å². The van der Waals surface area contributed by atoms with Gasteiger partial charge in [-0.1, -0.05) is 18.2 Å². The molecule has 3 rings (SSSR count). The smallest absolute Gasteiger partial charge is 0.133 e. The second-order valence-electron chi connectivity index (χ2n) is 5.70. The molecule has 24 heavy (non-hydrogen) atoms. The van der Waals surface area contributed by atoms with Gasteiger partial charge >= 0.3 is 0 Å². The Hall–Kier alpha value is -2.69. The summed E-state index contributed by atoms with van der Waals surface area (Å²) in [6, 6.07) is 10.8. The summed E-state index contributed by atoms with van der Waals surface area (Å²) in [6.07, 6.45) is 4.68. The first-order valence-electron chi connectivity index (χ1n) is 7.90. The van der Waals surface area contributed by atoms with Crippen molar-refractivity contribution in [2.24, 2.45) is 0 Å². The highest BCUT2D eigenvalue weighted by molar-refractivity contribution is 5.78. The molecule has 0 amide bonds. The molecule has 3 aromatic rings. The molecule has 0 radical (unpaired) electrons. The van der Waals surface area contributed by atoms with Gasteiger partial charge in [0.15, 0.2) is 0 Å². The minimum absolute atomic E-state index is 0.322. The largest absolute Gasteiger partial charge is 0.384 e. The molecule has 0 aliphatic heterocycles. The van der Waals surface area contributed by atoms with Crippen molar-refractivity contribution < 1.29 is 8.78 Å². The van der Waals surface area contributed by atoms with Crippen LogP contribution in [-0.2, 0) is 6.54 Å². The lowest BCUT2D eigenvalue weighted by molar-refractivity contribution is 0.625. The van der Waals surface area contributed by atoms with Gasteiger partial charge in [-0.05, 0) is 43.2 Å². The first kappa shape index (κ1) is 16.2. The molecule has 0 unspecified atom stereocenters. The Morgan fingerprint density at radius 2 is 1.88 bits per heavy atom. The molecule has 0 spiro atoms. The molecule has 5 heteroatoms. The zero-order chi connectivity index (χ0) is 16.9. The number of imidazole rings is 1. The number of benzene rings is 2. The normalized spacial score (nSPS) is 10.8. The number of aryl methyl sites for hydroxylation is 2. The summed E-state index contributed by atoms with van der Waals surface area (Å²) in [5.41, 5.74) is 2.83. The zero-order valence-electron chi connectivity index (χ0n) is 13.5. The standard InChI is InChI=1S/C19H19F2N3/c1-14-12-24(13-23-14)11-3-10-22-18-5-2-4-17(21)19(18)15-6-8-16(20)9-7-15/h2,4-9,12-13,22H,3,10-11H2,1H3. The molecule has 1 aromatic heterocycles. The van der Waals surface area contributed by atoms with E-state index in [-0.39, 0.29) is 11.6 Å². The monoisotopic (exact) mass is 327 g/mol. The number of aromatic nitrogens is 2. The number of nitrogens with one attached hydrogen (secondary N) is 1. The van der Waals surface area contributed by atoms with E-state index in [4.69, 9.17) is 0 Å². The number of rotatable bonds is 6. The predicted molar refractivity (Wildman–Crippen MR) is 91.9 cm³/mol. The Balaban J connectivity index is 1.69. The molecule has 0 aliphatic carbocycles. The average molecular weight is 327 g/mol. The number of anilines is 1. The van der Waals surface area contributed by atoms with Gasteiger partial charge in [-0.15, -0.1) is 0 Å². The Morgan fingerprint density at radius 1 is 1.08 bits per heavy atom. The summed E-state index contributed by atoms with van der Waals surface area (Å²) in [6.45, 7) is 3.50. The maximum Gasteiger partial charge on any atom is 0.133 e. The molecular weight excluding hydrogens is 308 g/mol. The second kappa shape index (κ2) is 7.25. The molecule has 3 nitrogen and oxygen atoms in total. The van der Waals surface area contributed by atoms with Crippen molar-refractivity contribution in [3.05, 3.63) is 72.3 Å². The van der Waals surface area contributed by atoms with Gasteiger partial charge in [0, 0.05) is 30.5 Å². The fraction of sp³-hybridized carbons (Fsp3) is 0.211. The van der Waals surface area contributed by atoms with Crippen molar-refractivity contribution in [1.29, 1.82) is 0 Å². The Morgan fingerprint density at radius 3 is 2.58 bits per heavy atom. The van der Waals surface area contributed by atoms with Crippen molar-refractivity contribution in [2.45, 2.75) is 19.9 Å². The third kappa shape index (κ3) is 3.79. The first-order chi connectivity index (χ1) is 11.6. The molecule has 0 atom stereocenters. The van der Waals surface area contributed by atoms with Crippen molar-refractivity contribution in [3.8, 4) is 11.1 Å². The molecule has 0 saturated carbocycles. The van der Waals surface area contributed by atoms with E-state index in [1.165, 1.54) is 18.2 Å². The van der Waals surface area contributed by atoms with E-state index >= 15 is 0 Å². The molecule has 0 bridgehead atoms. The van der Waals surface area contributed by atoms with Crippen LogP contribution in [-0.4, -0.2) is 16.1 Å². The number of halogens is 2. The van der Waals surface area contributed by atoms with Gasteiger partial charge in [-0.3, -0.25) is 0 Å². The van der Waals surface area contributed by atoms with E-state index in [0.29, 0.717) is 23.4 Å². The molecule has 0 fully saturated rings. The Bertz CT molecular complexity index is 810.